The maximum Gasteiger partial charge on any atom is 0.321 e. The number of ether oxygens (including phenoxy) is 2. The maximum atomic E-state index is 13.6. The lowest BCUT2D eigenvalue weighted by atomic mass is 9.71. The van der Waals surface area contributed by atoms with E-state index in [0.29, 0.717) is 13.0 Å². The van der Waals surface area contributed by atoms with E-state index in [4.69, 9.17) is 9.47 Å². The summed E-state index contributed by atoms with van der Waals surface area (Å²) in [6, 6.07) is 28.0. The molecule has 0 aliphatic heterocycles. The second kappa shape index (κ2) is 10.8. The number of methoxy groups -OCH3 is 1. The first-order valence-electron chi connectivity index (χ1n) is 10.7. The summed E-state index contributed by atoms with van der Waals surface area (Å²) in [6.45, 7) is 3.71. The SMILES string of the molecule is CCOC(=O)C(CCN(C)Cc1ccccc1)(c1ccccc1)c1cccc(OC)c1. The number of nitrogens with zero attached hydrogens (tertiary/aromatic N) is 1. The molecule has 0 bridgehead atoms. The third kappa shape index (κ3) is 5.33. The summed E-state index contributed by atoms with van der Waals surface area (Å²) in [5, 5.41) is 0. The number of hydrogen-bond acceptors (Lipinski definition) is 4. The molecule has 0 aliphatic carbocycles. The van der Waals surface area contributed by atoms with Gasteiger partial charge in [0.2, 0.25) is 0 Å². The van der Waals surface area contributed by atoms with E-state index in [-0.39, 0.29) is 5.97 Å². The van der Waals surface area contributed by atoms with Crippen LogP contribution in [0.25, 0.3) is 0 Å². The minimum Gasteiger partial charge on any atom is -0.497 e. The Morgan fingerprint density at radius 2 is 1.55 bits per heavy atom. The number of benzene rings is 3. The summed E-state index contributed by atoms with van der Waals surface area (Å²) in [4.78, 5) is 15.8. The number of hydrogen-bond donors (Lipinski definition) is 0. The molecule has 4 heteroatoms. The summed E-state index contributed by atoms with van der Waals surface area (Å²) < 4.78 is 11.1. The smallest absolute Gasteiger partial charge is 0.321 e. The van der Waals surface area contributed by atoms with Gasteiger partial charge >= 0.3 is 5.97 Å². The molecule has 0 radical (unpaired) electrons. The molecule has 3 rings (SSSR count). The molecule has 0 saturated carbocycles. The van der Waals surface area contributed by atoms with E-state index in [9.17, 15) is 4.79 Å². The highest BCUT2D eigenvalue weighted by Gasteiger charge is 2.43. The van der Waals surface area contributed by atoms with Crippen LogP contribution in [0.1, 0.15) is 30.0 Å². The quantitative estimate of drug-likeness (QED) is 0.432. The predicted octanol–water partition coefficient (Wildman–Crippen LogP) is 5.07. The van der Waals surface area contributed by atoms with Crippen LogP contribution in [0, 0.1) is 0 Å². The lowest BCUT2D eigenvalue weighted by Gasteiger charge is -2.34. The third-order valence-electron chi connectivity index (χ3n) is 5.62. The fourth-order valence-corrected chi connectivity index (χ4v) is 3.99. The molecule has 0 spiro atoms. The van der Waals surface area contributed by atoms with Crippen LogP contribution in [0.3, 0.4) is 0 Å². The molecule has 0 heterocycles. The van der Waals surface area contributed by atoms with Crippen molar-refractivity contribution in [3.05, 3.63) is 102 Å². The molecule has 1 unspecified atom stereocenters. The van der Waals surface area contributed by atoms with Gasteiger partial charge in [-0.25, -0.2) is 0 Å². The van der Waals surface area contributed by atoms with Crippen molar-refractivity contribution in [2.75, 3.05) is 27.3 Å². The van der Waals surface area contributed by atoms with Gasteiger partial charge in [-0.1, -0.05) is 72.8 Å². The van der Waals surface area contributed by atoms with Crippen LogP contribution in [0.5, 0.6) is 5.75 Å². The molecular formula is C27H31NO3. The van der Waals surface area contributed by atoms with Gasteiger partial charge in [0.25, 0.3) is 0 Å². The Morgan fingerprint density at radius 1 is 0.903 bits per heavy atom. The molecular weight excluding hydrogens is 386 g/mol. The molecule has 0 N–H and O–H groups in total. The lowest BCUT2D eigenvalue weighted by molar-refractivity contribution is -0.148. The van der Waals surface area contributed by atoms with Gasteiger partial charge < -0.3 is 14.4 Å². The minimum atomic E-state index is -0.920. The Bertz CT molecular complexity index is 958. The van der Waals surface area contributed by atoms with E-state index in [0.717, 1.165) is 30.0 Å². The van der Waals surface area contributed by atoms with Crippen molar-refractivity contribution in [3.8, 4) is 5.75 Å². The molecule has 0 aromatic heterocycles. The monoisotopic (exact) mass is 417 g/mol. The van der Waals surface area contributed by atoms with Gasteiger partial charge in [0.1, 0.15) is 11.2 Å². The summed E-state index contributed by atoms with van der Waals surface area (Å²) in [7, 11) is 3.72. The van der Waals surface area contributed by atoms with Crippen molar-refractivity contribution in [3.63, 3.8) is 0 Å². The number of rotatable bonds is 10. The van der Waals surface area contributed by atoms with E-state index in [2.05, 4.69) is 24.1 Å². The summed E-state index contributed by atoms with van der Waals surface area (Å²) >= 11 is 0. The van der Waals surface area contributed by atoms with E-state index < -0.39 is 5.41 Å². The molecule has 3 aromatic rings. The Kier molecular flexibility index (Phi) is 7.85. The number of carbonyl (C=O) groups is 1. The summed E-state index contributed by atoms with van der Waals surface area (Å²) in [6.07, 6.45) is 0.590. The van der Waals surface area contributed by atoms with Crippen LogP contribution in [0.4, 0.5) is 0 Å². The molecule has 0 fully saturated rings. The summed E-state index contributed by atoms with van der Waals surface area (Å²) in [5.41, 5.74) is 2.13. The topological polar surface area (TPSA) is 38.8 Å². The van der Waals surface area contributed by atoms with E-state index in [1.807, 2.05) is 79.7 Å². The van der Waals surface area contributed by atoms with Gasteiger partial charge in [-0.15, -0.1) is 0 Å². The van der Waals surface area contributed by atoms with Gasteiger partial charge in [-0.2, -0.15) is 0 Å². The van der Waals surface area contributed by atoms with Crippen LogP contribution in [0.2, 0.25) is 0 Å². The third-order valence-corrected chi connectivity index (χ3v) is 5.62. The number of esters is 1. The van der Waals surface area contributed by atoms with Gasteiger partial charge in [-0.3, -0.25) is 4.79 Å². The van der Waals surface area contributed by atoms with Crippen molar-refractivity contribution in [1.82, 2.24) is 4.90 Å². The summed E-state index contributed by atoms with van der Waals surface area (Å²) in [5.74, 6) is 0.488. The van der Waals surface area contributed by atoms with Gasteiger partial charge in [-0.05, 0) is 55.8 Å². The van der Waals surface area contributed by atoms with Gasteiger partial charge in [0, 0.05) is 6.54 Å². The van der Waals surface area contributed by atoms with Crippen LogP contribution < -0.4 is 4.74 Å². The minimum absolute atomic E-state index is 0.234. The largest absolute Gasteiger partial charge is 0.497 e. The highest BCUT2D eigenvalue weighted by molar-refractivity contribution is 5.88. The van der Waals surface area contributed by atoms with Crippen molar-refractivity contribution in [2.45, 2.75) is 25.3 Å². The van der Waals surface area contributed by atoms with Crippen LogP contribution >= 0.6 is 0 Å². The van der Waals surface area contributed by atoms with E-state index in [1.54, 1.807) is 7.11 Å². The standard InChI is InChI=1S/C27H31NO3/c1-4-31-26(29)27(23-14-9-6-10-15-23,24-16-11-17-25(20-24)30-3)18-19-28(2)21-22-12-7-5-8-13-22/h5-17,20H,4,18-19,21H2,1-3H3. The van der Waals surface area contributed by atoms with Crippen molar-refractivity contribution in [2.24, 2.45) is 0 Å². The molecule has 0 aliphatic rings. The van der Waals surface area contributed by atoms with Crippen molar-refractivity contribution >= 4 is 5.97 Å². The van der Waals surface area contributed by atoms with Crippen LogP contribution in [-0.2, 0) is 21.5 Å². The number of carbonyl (C=O) groups excluding carboxylic acids is 1. The van der Waals surface area contributed by atoms with E-state index >= 15 is 0 Å². The first-order chi connectivity index (χ1) is 15.1. The average Bonchev–Trinajstić information content (AvgIpc) is 2.81. The molecule has 0 amide bonds. The zero-order valence-corrected chi connectivity index (χ0v) is 18.6. The second-order valence-electron chi connectivity index (χ2n) is 7.70. The molecule has 0 saturated heterocycles. The fourth-order valence-electron chi connectivity index (χ4n) is 3.99. The zero-order valence-electron chi connectivity index (χ0n) is 18.6. The second-order valence-corrected chi connectivity index (χ2v) is 7.70. The molecule has 162 valence electrons. The zero-order chi connectivity index (χ0) is 22.1. The maximum absolute atomic E-state index is 13.6. The Balaban J connectivity index is 2.00. The van der Waals surface area contributed by atoms with Gasteiger partial charge in [0.05, 0.1) is 13.7 Å². The van der Waals surface area contributed by atoms with Gasteiger partial charge in [0.15, 0.2) is 0 Å². The Labute approximate surface area is 185 Å². The first kappa shape index (κ1) is 22.6. The van der Waals surface area contributed by atoms with Crippen molar-refractivity contribution in [1.29, 1.82) is 0 Å². The molecule has 1 atom stereocenters. The molecule has 31 heavy (non-hydrogen) atoms. The first-order valence-corrected chi connectivity index (χ1v) is 10.7. The molecule has 4 nitrogen and oxygen atoms in total. The highest BCUT2D eigenvalue weighted by atomic mass is 16.5. The Morgan fingerprint density at radius 3 is 2.19 bits per heavy atom. The highest BCUT2D eigenvalue weighted by Crippen LogP contribution is 2.39. The van der Waals surface area contributed by atoms with Crippen molar-refractivity contribution < 1.29 is 14.3 Å². The Hall–Kier alpha value is -3.11. The normalized spacial score (nSPS) is 12.9. The predicted molar refractivity (Wildman–Crippen MR) is 124 cm³/mol. The fraction of sp³-hybridized carbons (Fsp3) is 0.296. The van der Waals surface area contributed by atoms with E-state index in [1.165, 1.54) is 5.56 Å². The average molecular weight is 418 g/mol. The van der Waals surface area contributed by atoms with Crippen LogP contribution in [0.15, 0.2) is 84.9 Å². The molecule has 3 aromatic carbocycles. The lowest BCUT2D eigenvalue weighted by Crippen LogP contribution is -2.41. The van der Waals surface area contributed by atoms with Crippen LogP contribution in [-0.4, -0.2) is 38.2 Å².